The maximum atomic E-state index is 11.6. The van der Waals surface area contributed by atoms with Gasteiger partial charge in [-0.2, -0.15) is 0 Å². The van der Waals surface area contributed by atoms with Crippen molar-refractivity contribution in [3.05, 3.63) is 41.4 Å². The molecule has 1 fully saturated rings. The maximum Gasteiger partial charge on any atom is 0.366 e. The van der Waals surface area contributed by atoms with Gasteiger partial charge in [0.2, 0.25) is 0 Å². The molecule has 0 aromatic heterocycles. The zero-order valence-corrected chi connectivity index (χ0v) is 16.0. The van der Waals surface area contributed by atoms with Crippen molar-refractivity contribution in [1.29, 1.82) is 0 Å². The first-order valence-electron chi connectivity index (χ1n) is 8.63. The van der Waals surface area contributed by atoms with Crippen LogP contribution in [0.3, 0.4) is 0 Å². The number of esters is 1. The van der Waals surface area contributed by atoms with Crippen LogP contribution in [0, 0.1) is 5.92 Å². The van der Waals surface area contributed by atoms with Gasteiger partial charge in [-0.05, 0) is 30.5 Å². The van der Waals surface area contributed by atoms with Crippen molar-refractivity contribution in [2.24, 2.45) is 5.92 Å². The van der Waals surface area contributed by atoms with Crippen LogP contribution in [0.1, 0.15) is 31.7 Å². The Hall–Kier alpha value is -1.60. The number of hydrogen-bond donors (Lipinski definition) is 1. The van der Waals surface area contributed by atoms with Crippen LogP contribution in [-0.2, 0) is 23.8 Å². The molecular weight excluding hydrogens is 358 g/mol. The molecule has 0 unspecified atom stereocenters. The lowest BCUT2D eigenvalue weighted by molar-refractivity contribution is -0.272. The van der Waals surface area contributed by atoms with Gasteiger partial charge in [0.25, 0.3) is 5.79 Å². The zero-order chi connectivity index (χ0) is 19.0. The van der Waals surface area contributed by atoms with E-state index < -0.39 is 11.8 Å². The minimum atomic E-state index is -1.28. The zero-order valence-electron chi connectivity index (χ0n) is 15.3. The van der Waals surface area contributed by atoms with Gasteiger partial charge in [-0.15, -0.1) is 0 Å². The Labute approximate surface area is 159 Å². The molecular formula is C19H26ClNO5. The third kappa shape index (κ3) is 5.99. The minimum absolute atomic E-state index is 0.268. The van der Waals surface area contributed by atoms with Crippen molar-refractivity contribution in [3.8, 4) is 0 Å². The van der Waals surface area contributed by atoms with E-state index in [0.717, 1.165) is 24.8 Å². The van der Waals surface area contributed by atoms with E-state index in [1.807, 2.05) is 24.3 Å². The lowest BCUT2D eigenvalue weighted by Gasteiger charge is -2.35. The van der Waals surface area contributed by atoms with Gasteiger partial charge in [0.05, 0.1) is 32.6 Å². The molecule has 1 heterocycles. The first kappa shape index (κ1) is 20.7. The lowest BCUT2D eigenvalue weighted by Crippen LogP contribution is -2.48. The average Bonchev–Trinajstić information content (AvgIpc) is 2.65. The molecule has 1 aromatic carbocycles. The van der Waals surface area contributed by atoms with Gasteiger partial charge in [0.15, 0.2) is 0 Å². The van der Waals surface area contributed by atoms with Crippen LogP contribution in [-0.4, -0.2) is 38.7 Å². The Morgan fingerprint density at radius 1 is 1.31 bits per heavy atom. The van der Waals surface area contributed by atoms with E-state index in [4.69, 9.17) is 25.9 Å². The highest BCUT2D eigenvalue weighted by atomic mass is 35.5. The molecule has 144 valence electrons. The highest BCUT2D eigenvalue weighted by Gasteiger charge is 2.41. The fraction of sp³-hybridized carbons (Fsp3) is 0.526. The van der Waals surface area contributed by atoms with Crippen molar-refractivity contribution in [3.63, 3.8) is 0 Å². The number of carbonyl (C=O) groups excluding carboxylic acids is 1. The largest absolute Gasteiger partial charge is 0.465 e. The number of nitrogens with one attached hydrogen (secondary N) is 1. The standard InChI is InChI=1S/C19H26ClNO5/c1-14(16-7-9-17(20)10-8-16)21-26-11-5-4-6-15-12-24-19(2,25-13-15)18(22)23-3/h7-10,15,21H,1,4-6,11-13H2,2-3H3. The minimum Gasteiger partial charge on any atom is -0.465 e. The summed E-state index contributed by atoms with van der Waals surface area (Å²) in [5.41, 5.74) is 4.47. The summed E-state index contributed by atoms with van der Waals surface area (Å²) in [7, 11) is 1.32. The molecule has 0 radical (unpaired) electrons. The Morgan fingerprint density at radius 3 is 2.58 bits per heavy atom. The normalized spacial score (nSPS) is 22.7. The molecule has 0 bridgehead atoms. The van der Waals surface area contributed by atoms with Crippen LogP contribution in [0.2, 0.25) is 5.02 Å². The summed E-state index contributed by atoms with van der Waals surface area (Å²) in [6, 6.07) is 7.38. The molecule has 0 amide bonds. The number of methoxy groups -OCH3 is 1. The van der Waals surface area contributed by atoms with Crippen molar-refractivity contribution >= 4 is 23.3 Å². The van der Waals surface area contributed by atoms with E-state index in [-0.39, 0.29) is 5.92 Å². The molecule has 0 saturated carbocycles. The van der Waals surface area contributed by atoms with Gasteiger partial charge < -0.3 is 14.2 Å². The van der Waals surface area contributed by atoms with Gasteiger partial charge in [0, 0.05) is 17.9 Å². The van der Waals surface area contributed by atoms with Crippen LogP contribution in [0.5, 0.6) is 0 Å². The number of carbonyl (C=O) groups is 1. The van der Waals surface area contributed by atoms with Crippen LogP contribution in [0.25, 0.3) is 5.70 Å². The van der Waals surface area contributed by atoms with Gasteiger partial charge in [-0.3, -0.25) is 10.3 Å². The third-order valence-corrected chi connectivity index (χ3v) is 4.49. The molecule has 1 aliphatic rings. The lowest BCUT2D eigenvalue weighted by atomic mass is 10.0. The molecule has 2 rings (SSSR count). The number of ether oxygens (including phenoxy) is 3. The second-order valence-corrected chi connectivity index (χ2v) is 6.79. The van der Waals surface area contributed by atoms with Crippen molar-refractivity contribution < 1.29 is 23.8 Å². The summed E-state index contributed by atoms with van der Waals surface area (Å²) >= 11 is 5.86. The van der Waals surface area contributed by atoms with Gasteiger partial charge in [-0.1, -0.05) is 36.7 Å². The average molecular weight is 384 g/mol. The highest BCUT2D eigenvalue weighted by molar-refractivity contribution is 6.30. The molecule has 1 saturated heterocycles. The topological polar surface area (TPSA) is 66.0 Å². The molecule has 1 aromatic rings. The molecule has 6 nitrogen and oxygen atoms in total. The van der Waals surface area contributed by atoms with Crippen LogP contribution in [0.15, 0.2) is 30.8 Å². The summed E-state index contributed by atoms with van der Waals surface area (Å²) in [5, 5.41) is 0.685. The summed E-state index contributed by atoms with van der Waals surface area (Å²) in [6.45, 7) is 7.05. The van der Waals surface area contributed by atoms with E-state index in [1.165, 1.54) is 7.11 Å². The Bertz CT molecular complexity index is 596. The third-order valence-electron chi connectivity index (χ3n) is 4.24. The number of rotatable bonds is 9. The number of hydroxylamine groups is 1. The first-order chi connectivity index (χ1) is 12.4. The fourth-order valence-corrected chi connectivity index (χ4v) is 2.69. The second kappa shape index (κ2) is 9.92. The monoisotopic (exact) mass is 383 g/mol. The Balaban J connectivity index is 1.55. The summed E-state index contributed by atoms with van der Waals surface area (Å²) in [6.07, 6.45) is 2.81. The second-order valence-electron chi connectivity index (χ2n) is 6.36. The number of hydrogen-bond acceptors (Lipinski definition) is 6. The first-order valence-corrected chi connectivity index (χ1v) is 9.01. The van der Waals surface area contributed by atoms with E-state index >= 15 is 0 Å². The van der Waals surface area contributed by atoms with E-state index in [2.05, 4.69) is 16.8 Å². The van der Waals surface area contributed by atoms with Gasteiger partial charge in [0.1, 0.15) is 0 Å². The molecule has 1 N–H and O–H groups in total. The smallest absolute Gasteiger partial charge is 0.366 e. The maximum absolute atomic E-state index is 11.6. The molecule has 7 heteroatoms. The quantitative estimate of drug-likeness (QED) is 0.399. The molecule has 0 atom stereocenters. The Kier molecular flexibility index (Phi) is 7.90. The van der Waals surface area contributed by atoms with Gasteiger partial charge in [-0.25, -0.2) is 4.79 Å². The SMILES string of the molecule is C=C(NOCCCCC1COC(C)(C(=O)OC)OC1)c1ccc(Cl)cc1. The molecule has 26 heavy (non-hydrogen) atoms. The van der Waals surface area contributed by atoms with Crippen LogP contribution < -0.4 is 5.48 Å². The predicted octanol–water partition coefficient (Wildman–Crippen LogP) is 3.55. The fourth-order valence-electron chi connectivity index (χ4n) is 2.57. The van der Waals surface area contributed by atoms with Crippen molar-refractivity contribution in [2.75, 3.05) is 26.9 Å². The number of benzene rings is 1. The van der Waals surface area contributed by atoms with Gasteiger partial charge >= 0.3 is 5.97 Å². The summed E-state index contributed by atoms with van der Waals surface area (Å²) in [4.78, 5) is 17.0. The molecule has 0 aliphatic carbocycles. The van der Waals surface area contributed by atoms with Crippen LogP contribution >= 0.6 is 11.6 Å². The van der Waals surface area contributed by atoms with E-state index in [0.29, 0.717) is 30.5 Å². The molecule has 1 aliphatic heterocycles. The Morgan fingerprint density at radius 2 is 1.96 bits per heavy atom. The van der Waals surface area contributed by atoms with Crippen molar-refractivity contribution in [2.45, 2.75) is 32.0 Å². The predicted molar refractivity (Wildman–Crippen MR) is 99.2 cm³/mol. The number of halogens is 1. The number of unbranched alkanes of at least 4 members (excludes halogenated alkanes) is 1. The van der Waals surface area contributed by atoms with Crippen molar-refractivity contribution in [1.82, 2.24) is 5.48 Å². The molecule has 0 spiro atoms. The highest BCUT2D eigenvalue weighted by Crippen LogP contribution is 2.25. The van der Waals surface area contributed by atoms with Crippen LogP contribution in [0.4, 0.5) is 0 Å². The summed E-state index contributed by atoms with van der Waals surface area (Å²) in [5.74, 6) is -1.51. The summed E-state index contributed by atoms with van der Waals surface area (Å²) < 4.78 is 15.8. The van der Waals surface area contributed by atoms with E-state index in [1.54, 1.807) is 6.92 Å². The van der Waals surface area contributed by atoms with E-state index in [9.17, 15) is 4.79 Å².